The largest absolute Gasteiger partial charge is 0.326 e. The molecule has 2 aromatic rings. The van der Waals surface area contributed by atoms with Crippen LogP contribution in [0.25, 0.3) is 0 Å². The highest BCUT2D eigenvalue weighted by atomic mass is 32.2. The highest BCUT2D eigenvalue weighted by Gasteiger charge is 2.32. The Bertz CT molecular complexity index is 976. The molecular weight excluding hydrogens is 369 g/mol. The molecule has 0 unspecified atom stereocenters. The first kappa shape index (κ1) is 19.0. The highest BCUT2D eigenvalue weighted by molar-refractivity contribution is 7.89. The van der Waals surface area contributed by atoms with Gasteiger partial charge in [0.2, 0.25) is 15.9 Å². The number of anilines is 1. The van der Waals surface area contributed by atoms with Crippen LogP contribution >= 0.6 is 0 Å². The Morgan fingerprint density at radius 3 is 2.41 bits per heavy atom. The molecule has 0 atom stereocenters. The normalized spacial score (nSPS) is 15.9. The van der Waals surface area contributed by atoms with Crippen LogP contribution in [0.3, 0.4) is 0 Å². The Labute approximate surface area is 157 Å². The molecule has 3 rings (SSSR count). The van der Waals surface area contributed by atoms with Gasteiger partial charge in [-0.25, -0.2) is 12.8 Å². The molecule has 1 N–H and O–H groups in total. The van der Waals surface area contributed by atoms with E-state index < -0.39 is 15.8 Å². The molecule has 1 heterocycles. The third kappa shape index (κ3) is 4.32. The zero-order valence-corrected chi connectivity index (χ0v) is 15.2. The molecule has 140 valence electrons. The monoisotopic (exact) mass is 387 g/mol. The van der Waals surface area contributed by atoms with Crippen molar-refractivity contribution < 1.29 is 17.6 Å². The minimum absolute atomic E-state index is 0.129. The Hall–Kier alpha value is -2.76. The molecule has 27 heavy (non-hydrogen) atoms. The Kier molecular flexibility index (Phi) is 5.54. The van der Waals surface area contributed by atoms with Crippen molar-refractivity contribution in [3.63, 3.8) is 0 Å². The predicted molar refractivity (Wildman–Crippen MR) is 97.7 cm³/mol. The van der Waals surface area contributed by atoms with E-state index in [9.17, 15) is 17.6 Å². The lowest BCUT2D eigenvalue weighted by Gasteiger charge is -2.30. The SMILES string of the molecule is N#Cc1ccc(S(=O)(=O)N2CCC(C(=O)Nc3cccc(F)c3)CC2)cc1. The summed E-state index contributed by atoms with van der Waals surface area (Å²) in [6.07, 6.45) is 0.771. The van der Waals surface area contributed by atoms with Gasteiger partial charge in [-0.05, 0) is 55.3 Å². The fourth-order valence-electron chi connectivity index (χ4n) is 3.02. The van der Waals surface area contributed by atoms with E-state index in [2.05, 4.69) is 5.32 Å². The lowest BCUT2D eigenvalue weighted by Crippen LogP contribution is -2.41. The van der Waals surface area contributed by atoms with Crippen LogP contribution in [0, 0.1) is 23.1 Å². The summed E-state index contributed by atoms with van der Waals surface area (Å²) in [6.45, 7) is 0.452. The summed E-state index contributed by atoms with van der Waals surface area (Å²) < 4.78 is 39.9. The van der Waals surface area contributed by atoms with Gasteiger partial charge >= 0.3 is 0 Å². The van der Waals surface area contributed by atoms with Crippen molar-refractivity contribution in [2.24, 2.45) is 5.92 Å². The van der Waals surface area contributed by atoms with Gasteiger partial charge in [0.25, 0.3) is 0 Å². The molecule has 1 aliphatic rings. The van der Waals surface area contributed by atoms with Crippen LogP contribution in [0.4, 0.5) is 10.1 Å². The van der Waals surface area contributed by atoms with Gasteiger partial charge in [-0.3, -0.25) is 4.79 Å². The number of nitrogens with zero attached hydrogens (tertiary/aromatic N) is 2. The molecular formula is C19H18FN3O3S. The molecule has 0 aromatic heterocycles. The third-order valence-electron chi connectivity index (χ3n) is 4.54. The summed E-state index contributed by atoms with van der Waals surface area (Å²) in [5.41, 5.74) is 0.773. The van der Waals surface area contributed by atoms with Gasteiger partial charge in [-0.1, -0.05) is 6.07 Å². The quantitative estimate of drug-likeness (QED) is 0.873. The zero-order valence-electron chi connectivity index (χ0n) is 14.4. The van der Waals surface area contributed by atoms with Gasteiger partial charge in [0.15, 0.2) is 0 Å². The molecule has 0 saturated carbocycles. The summed E-state index contributed by atoms with van der Waals surface area (Å²) in [5.74, 6) is -1.01. The fraction of sp³-hybridized carbons (Fsp3) is 0.263. The number of carbonyl (C=O) groups is 1. The van der Waals surface area contributed by atoms with E-state index in [0.29, 0.717) is 24.1 Å². The van der Waals surface area contributed by atoms with Gasteiger partial charge in [0.1, 0.15) is 5.82 Å². The van der Waals surface area contributed by atoms with Crippen molar-refractivity contribution in [1.82, 2.24) is 4.31 Å². The van der Waals surface area contributed by atoms with Crippen LogP contribution in [-0.2, 0) is 14.8 Å². The predicted octanol–water partition coefficient (Wildman–Crippen LogP) is 2.74. The molecule has 1 amide bonds. The standard InChI is InChI=1S/C19H18FN3O3S/c20-16-2-1-3-17(12-16)22-19(24)15-8-10-23(11-9-15)27(25,26)18-6-4-14(13-21)5-7-18/h1-7,12,15H,8-11H2,(H,22,24). The maximum Gasteiger partial charge on any atom is 0.243 e. The summed E-state index contributed by atoms with van der Waals surface area (Å²) in [5, 5.41) is 11.5. The van der Waals surface area contributed by atoms with E-state index in [1.54, 1.807) is 6.07 Å². The Morgan fingerprint density at radius 2 is 1.81 bits per heavy atom. The first-order valence-electron chi connectivity index (χ1n) is 8.47. The second-order valence-corrected chi connectivity index (χ2v) is 8.25. The summed E-state index contributed by atoms with van der Waals surface area (Å²) in [6, 6.07) is 13.4. The van der Waals surface area contributed by atoms with Crippen molar-refractivity contribution in [1.29, 1.82) is 5.26 Å². The topological polar surface area (TPSA) is 90.3 Å². The summed E-state index contributed by atoms with van der Waals surface area (Å²) >= 11 is 0. The first-order valence-corrected chi connectivity index (χ1v) is 9.91. The lowest BCUT2D eigenvalue weighted by molar-refractivity contribution is -0.120. The zero-order chi connectivity index (χ0) is 19.4. The molecule has 1 aliphatic heterocycles. The fourth-order valence-corrected chi connectivity index (χ4v) is 4.49. The van der Waals surface area contributed by atoms with Gasteiger partial charge in [0, 0.05) is 24.7 Å². The number of amides is 1. The number of carbonyl (C=O) groups excluding carboxylic acids is 1. The molecule has 1 saturated heterocycles. The van der Waals surface area contributed by atoms with Crippen LogP contribution in [0.2, 0.25) is 0 Å². The number of hydrogen-bond donors (Lipinski definition) is 1. The van der Waals surface area contributed by atoms with Crippen molar-refractivity contribution in [3.8, 4) is 6.07 Å². The van der Waals surface area contributed by atoms with Gasteiger partial charge < -0.3 is 5.32 Å². The first-order chi connectivity index (χ1) is 12.9. The molecule has 0 aliphatic carbocycles. The lowest BCUT2D eigenvalue weighted by atomic mass is 9.97. The molecule has 1 fully saturated rings. The van der Waals surface area contributed by atoms with Gasteiger partial charge in [0.05, 0.1) is 16.5 Å². The summed E-state index contributed by atoms with van der Waals surface area (Å²) in [7, 11) is -3.66. The maximum absolute atomic E-state index is 13.2. The molecule has 8 heteroatoms. The van der Waals surface area contributed by atoms with Crippen LogP contribution in [0.1, 0.15) is 18.4 Å². The third-order valence-corrected chi connectivity index (χ3v) is 6.45. The Morgan fingerprint density at radius 1 is 1.15 bits per heavy atom. The van der Waals surface area contributed by atoms with E-state index in [4.69, 9.17) is 5.26 Å². The van der Waals surface area contributed by atoms with Gasteiger partial charge in [-0.2, -0.15) is 9.57 Å². The van der Waals surface area contributed by atoms with Crippen molar-refractivity contribution in [3.05, 3.63) is 59.9 Å². The van der Waals surface area contributed by atoms with Crippen LogP contribution < -0.4 is 5.32 Å². The Balaban J connectivity index is 1.62. The van der Waals surface area contributed by atoms with Crippen LogP contribution in [0.5, 0.6) is 0 Å². The molecule has 2 aromatic carbocycles. The van der Waals surface area contributed by atoms with E-state index in [-0.39, 0.29) is 29.8 Å². The number of piperidine rings is 1. The highest BCUT2D eigenvalue weighted by Crippen LogP contribution is 2.25. The number of halogens is 1. The average molecular weight is 387 g/mol. The van der Waals surface area contributed by atoms with Crippen molar-refractivity contribution in [2.75, 3.05) is 18.4 Å². The number of benzene rings is 2. The molecule has 0 bridgehead atoms. The molecule has 0 radical (unpaired) electrons. The van der Waals surface area contributed by atoms with Crippen LogP contribution in [0.15, 0.2) is 53.4 Å². The summed E-state index contributed by atoms with van der Waals surface area (Å²) in [4.78, 5) is 12.5. The number of rotatable bonds is 4. The van der Waals surface area contributed by atoms with Crippen molar-refractivity contribution >= 4 is 21.6 Å². The van der Waals surface area contributed by atoms with E-state index >= 15 is 0 Å². The molecule has 6 nitrogen and oxygen atoms in total. The smallest absolute Gasteiger partial charge is 0.243 e. The maximum atomic E-state index is 13.2. The number of sulfonamides is 1. The molecule has 0 spiro atoms. The number of nitrogens with one attached hydrogen (secondary N) is 1. The average Bonchev–Trinajstić information content (AvgIpc) is 2.68. The van der Waals surface area contributed by atoms with Crippen molar-refractivity contribution in [2.45, 2.75) is 17.7 Å². The number of hydrogen-bond acceptors (Lipinski definition) is 4. The minimum Gasteiger partial charge on any atom is -0.326 e. The van der Waals surface area contributed by atoms with E-state index in [1.165, 1.54) is 46.8 Å². The van der Waals surface area contributed by atoms with Crippen LogP contribution in [-0.4, -0.2) is 31.7 Å². The second-order valence-electron chi connectivity index (χ2n) is 6.31. The minimum atomic E-state index is -3.66. The van der Waals surface area contributed by atoms with E-state index in [1.807, 2.05) is 6.07 Å². The van der Waals surface area contributed by atoms with Gasteiger partial charge in [-0.15, -0.1) is 0 Å². The number of nitriles is 1. The second kappa shape index (κ2) is 7.86. The van der Waals surface area contributed by atoms with E-state index in [0.717, 1.165) is 0 Å².